The van der Waals surface area contributed by atoms with Crippen LogP contribution in [0, 0.1) is 5.92 Å². The van der Waals surface area contributed by atoms with Crippen molar-refractivity contribution < 1.29 is 14.2 Å². The molecule has 0 radical (unpaired) electrons. The van der Waals surface area contributed by atoms with Crippen LogP contribution in [0.1, 0.15) is 35.3 Å². The highest BCUT2D eigenvalue weighted by Gasteiger charge is 2.40. The van der Waals surface area contributed by atoms with Crippen LogP contribution in [0.25, 0.3) is 0 Å². The molecule has 0 amide bonds. The van der Waals surface area contributed by atoms with Gasteiger partial charge in [-0.2, -0.15) is 0 Å². The Kier molecular flexibility index (Phi) is 3.60. The third-order valence-electron chi connectivity index (χ3n) is 4.73. The number of rotatable bonds is 3. The second-order valence-corrected chi connectivity index (χ2v) is 5.95. The minimum atomic E-state index is 0.0752. The predicted molar refractivity (Wildman–Crippen MR) is 83.8 cm³/mol. The van der Waals surface area contributed by atoms with Crippen LogP contribution in [-0.4, -0.2) is 13.7 Å². The van der Waals surface area contributed by atoms with Crippen LogP contribution in [0.3, 0.4) is 0 Å². The summed E-state index contributed by atoms with van der Waals surface area (Å²) < 4.78 is 17.5. The summed E-state index contributed by atoms with van der Waals surface area (Å²) in [5.74, 6) is 1.23. The van der Waals surface area contributed by atoms with Crippen molar-refractivity contribution in [2.75, 3.05) is 13.7 Å². The second kappa shape index (κ2) is 5.75. The number of methoxy groups -OCH3 is 1. The van der Waals surface area contributed by atoms with Crippen LogP contribution >= 0.6 is 0 Å². The topological polar surface area (TPSA) is 27.7 Å². The molecular formula is C19H20O3. The molecule has 0 aliphatic carbocycles. The highest BCUT2D eigenvalue weighted by atomic mass is 16.5. The quantitative estimate of drug-likeness (QED) is 0.855. The van der Waals surface area contributed by atoms with Crippen molar-refractivity contribution in [3.63, 3.8) is 0 Å². The number of benzene rings is 2. The Balaban J connectivity index is 1.64. The lowest BCUT2D eigenvalue weighted by atomic mass is 9.86. The first-order chi connectivity index (χ1) is 10.9. The van der Waals surface area contributed by atoms with Crippen LogP contribution in [-0.2, 0) is 16.1 Å². The number of fused-ring (bicyclic) bond motifs is 1. The van der Waals surface area contributed by atoms with Crippen molar-refractivity contribution in [3.05, 3.63) is 65.2 Å². The first-order valence-electron chi connectivity index (χ1n) is 7.82. The van der Waals surface area contributed by atoms with Crippen molar-refractivity contribution >= 4 is 0 Å². The molecule has 0 bridgehead atoms. The largest absolute Gasteiger partial charge is 0.497 e. The van der Waals surface area contributed by atoms with E-state index < -0.39 is 0 Å². The van der Waals surface area contributed by atoms with E-state index in [1.165, 1.54) is 16.7 Å². The van der Waals surface area contributed by atoms with Gasteiger partial charge in [-0.15, -0.1) is 0 Å². The van der Waals surface area contributed by atoms with Crippen LogP contribution < -0.4 is 4.74 Å². The number of hydrogen-bond acceptors (Lipinski definition) is 3. The highest BCUT2D eigenvalue weighted by Crippen LogP contribution is 2.47. The summed E-state index contributed by atoms with van der Waals surface area (Å²) in [7, 11) is 1.70. The van der Waals surface area contributed by atoms with Crippen molar-refractivity contribution in [2.24, 2.45) is 5.92 Å². The molecule has 0 saturated carbocycles. The Labute approximate surface area is 130 Å². The van der Waals surface area contributed by atoms with Crippen molar-refractivity contribution in [1.29, 1.82) is 0 Å². The molecule has 2 aromatic carbocycles. The van der Waals surface area contributed by atoms with Gasteiger partial charge in [0.25, 0.3) is 0 Å². The van der Waals surface area contributed by atoms with Gasteiger partial charge in [0.2, 0.25) is 0 Å². The van der Waals surface area contributed by atoms with E-state index >= 15 is 0 Å². The molecule has 0 aromatic heterocycles. The van der Waals surface area contributed by atoms with Crippen molar-refractivity contribution in [2.45, 2.75) is 25.2 Å². The first-order valence-corrected chi connectivity index (χ1v) is 7.82. The molecule has 2 heterocycles. The molecule has 22 heavy (non-hydrogen) atoms. The van der Waals surface area contributed by atoms with E-state index in [1.54, 1.807) is 7.11 Å². The van der Waals surface area contributed by atoms with E-state index in [2.05, 4.69) is 36.4 Å². The summed E-state index contributed by atoms with van der Waals surface area (Å²) in [6, 6.07) is 16.7. The maximum atomic E-state index is 6.10. The van der Waals surface area contributed by atoms with E-state index in [9.17, 15) is 0 Å². The zero-order valence-electron chi connectivity index (χ0n) is 12.7. The van der Waals surface area contributed by atoms with Crippen LogP contribution in [0.2, 0.25) is 0 Å². The second-order valence-electron chi connectivity index (χ2n) is 5.95. The van der Waals surface area contributed by atoms with Gasteiger partial charge in [0.05, 0.1) is 25.9 Å². The summed E-state index contributed by atoms with van der Waals surface area (Å²) >= 11 is 0. The molecule has 2 aliphatic rings. The monoisotopic (exact) mass is 296 g/mol. The van der Waals surface area contributed by atoms with Crippen LogP contribution in [0.4, 0.5) is 0 Å². The maximum Gasteiger partial charge on any atom is 0.119 e. The van der Waals surface area contributed by atoms with E-state index in [1.807, 2.05) is 12.1 Å². The van der Waals surface area contributed by atoms with Gasteiger partial charge in [0, 0.05) is 12.5 Å². The molecule has 0 unspecified atom stereocenters. The molecule has 1 saturated heterocycles. The molecule has 3 nitrogen and oxygen atoms in total. The van der Waals surface area contributed by atoms with Gasteiger partial charge in [-0.05, 0) is 35.2 Å². The Morgan fingerprint density at radius 2 is 1.91 bits per heavy atom. The van der Waals surface area contributed by atoms with Crippen LogP contribution in [0.15, 0.2) is 48.5 Å². The number of ether oxygens (including phenoxy) is 3. The Hall–Kier alpha value is -1.84. The van der Waals surface area contributed by atoms with E-state index in [-0.39, 0.29) is 12.2 Å². The Bertz CT molecular complexity index is 667. The third-order valence-corrected chi connectivity index (χ3v) is 4.73. The minimum absolute atomic E-state index is 0.0752. The van der Waals surface area contributed by atoms with Gasteiger partial charge < -0.3 is 14.2 Å². The standard InChI is InChI=1S/C19H20O3/c1-20-15-7-4-6-13(11-15)18-17(9-10-21-18)19-16-8-3-2-5-14(16)12-22-19/h2-8,11,17-19H,9-10,12H2,1H3/t17-,18+,19+/m1/s1. The summed E-state index contributed by atoms with van der Waals surface area (Å²) in [6.45, 7) is 1.50. The fourth-order valence-corrected chi connectivity index (χ4v) is 3.64. The van der Waals surface area contributed by atoms with Crippen LogP contribution in [0.5, 0.6) is 5.75 Å². The predicted octanol–water partition coefficient (Wildman–Crippen LogP) is 4.04. The number of hydrogen-bond donors (Lipinski definition) is 0. The lowest BCUT2D eigenvalue weighted by molar-refractivity contribution is -0.0116. The summed E-state index contributed by atoms with van der Waals surface area (Å²) in [4.78, 5) is 0. The lowest BCUT2D eigenvalue weighted by Gasteiger charge is -2.25. The Morgan fingerprint density at radius 3 is 2.82 bits per heavy atom. The average molecular weight is 296 g/mol. The maximum absolute atomic E-state index is 6.10. The normalized spacial score (nSPS) is 26.9. The zero-order chi connectivity index (χ0) is 14.9. The first kappa shape index (κ1) is 13.8. The molecule has 3 atom stereocenters. The average Bonchev–Trinajstić information content (AvgIpc) is 3.21. The molecule has 3 heteroatoms. The van der Waals surface area contributed by atoms with E-state index in [4.69, 9.17) is 14.2 Å². The van der Waals surface area contributed by atoms with E-state index in [0.29, 0.717) is 12.5 Å². The zero-order valence-corrected chi connectivity index (χ0v) is 12.7. The molecule has 114 valence electrons. The summed E-state index contributed by atoms with van der Waals surface area (Å²) in [6.07, 6.45) is 1.24. The SMILES string of the molecule is COc1cccc([C@@H]2OCC[C@H]2[C@H]2OCc3ccccc32)c1. The minimum Gasteiger partial charge on any atom is -0.497 e. The fraction of sp³-hybridized carbons (Fsp3) is 0.368. The molecule has 0 N–H and O–H groups in total. The molecule has 2 aliphatic heterocycles. The van der Waals surface area contributed by atoms with Gasteiger partial charge in [-0.25, -0.2) is 0 Å². The van der Waals surface area contributed by atoms with E-state index in [0.717, 1.165) is 18.8 Å². The smallest absolute Gasteiger partial charge is 0.119 e. The van der Waals surface area contributed by atoms with Gasteiger partial charge in [-0.3, -0.25) is 0 Å². The van der Waals surface area contributed by atoms with Gasteiger partial charge in [0.15, 0.2) is 0 Å². The molecule has 4 rings (SSSR count). The molecular weight excluding hydrogens is 276 g/mol. The molecule has 1 fully saturated rings. The Morgan fingerprint density at radius 1 is 1.00 bits per heavy atom. The molecule has 2 aromatic rings. The highest BCUT2D eigenvalue weighted by molar-refractivity contribution is 5.34. The summed E-state index contributed by atoms with van der Waals surface area (Å²) in [5.41, 5.74) is 3.81. The van der Waals surface area contributed by atoms with Gasteiger partial charge in [-0.1, -0.05) is 36.4 Å². The van der Waals surface area contributed by atoms with Crippen molar-refractivity contribution in [1.82, 2.24) is 0 Å². The fourth-order valence-electron chi connectivity index (χ4n) is 3.64. The summed E-state index contributed by atoms with van der Waals surface area (Å²) in [5, 5.41) is 0. The lowest BCUT2D eigenvalue weighted by Crippen LogP contribution is -2.16. The third kappa shape index (κ3) is 2.31. The van der Waals surface area contributed by atoms with Gasteiger partial charge in [0.1, 0.15) is 5.75 Å². The molecule has 0 spiro atoms. The van der Waals surface area contributed by atoms with Gasteiger partial charge >= 0.3 is 0 Å². The van der Waals surface area contributed by atoms with Crippen molar-refractivity contribution in [3.8, 4) is 5.75 Å².